The van der Waals surface area contributed by atoms with Crippen LogP contribution in [0.1, 0.15) is 5.56 Å². The second kappa shape index (κ2) is 8.73. The maximum Gasteiger partial charge on any atom is 0.327 e. The van der Waals surface area contributed by atoms with Crippen molar-refractivity contribution in [1.29, 1.82) is 0 Å². The van der Waals surface area contributed by atoms with Crippen molar-refractivity contribution in [2.75, 3.05) is 4.90 Å². The van der Waals surface area contributed by atoms with E-state index in [-0.39, 0.29) is 12.2 Å². The Morgan fingerprint density at radius 1 is 0.821 bits per heavy atom. The molecular formula is C22H20N2O4. The second-order valence-corrected chi connectivity index (χ2v) is 6.22. The fraction of sp³-hybridized carbons (Fsp3) is 0.0909. The van der Waals surface area contributed by atoms with E-state index in [2.05, 4.69) is 5.32 Å². The van der Waals surface area contributed by atoms with Gasteiger partial charge in [0.1, 0.15) is 11.8 Å². The fourth-order valence-electron chi connectivity index (χ4n) is 2.82. The van der Waals surface area contributed by atoms with Crippen molar-refractivity contribution < 1.29 is 19.8 Å². The van der Waals surface area contributed by atoms with Crippen LogP contribution < -0.4 is 10.2 Å². The van der Waals surface area contributed by atoms with Crippen LogP contribution in [0, 0.1) is 0 Å². The molecule has 0 aliphatic carbocycles. The number of para-hydroxylation sites is 2. The summed E-state index contributed by atoms with van der Waals surface area (Å²) in [5.74, 6) is -1.04. The van der Waals surface area contributed by atoms with E-state index in [1.807, 2.05) is 36.4 Å². The number of hydrogen-bond donors (Lipinski definition) is 3. The number of carboxylic acid groups (broad SMARTS) is 1. The van der Waals surface area contributed by atoms with E-state index >= 15 is 0 Å². The van der Waals surface area contributed by atoms with Gasteiger partial charge in [-0.15, -0.1) is 0 Å². The molecule has 3 aromatic carbocycles. The van der Waals surface area contributed by atoms with Gasteiger partial charge in [-0.3, -0.25) is 4.90 Å². The number of rotatable bonds is 6. The molecule has 1 atom stereocenters. The first-order valence-corrected chi connectivity index (χ1v) is 8.76. The van der Waals surface area contributed by atoms with Crippen molar-refractivity contribution in [3.05, 3.63) is 90.5 Å². The third-order valence-electron chi connectivity index (χ3n) is 4.20. The average Bonchev–Trinajstić information content (AvgIpc) is 2.71. The quantitative estimate of drug-likeness (QED) is 0.608. The van der Waals surface area contributed by atoms with Crippen molar-refractivity contribution in [1.82, 2.24) is 5.32 Å². The lowest BCUT2D eigenvalue weighted by Gasteiger charge is -2.25. The molecule has 0 fully saturated rings. The molecule has 0 radical (unpaired) electrons. The van der Waals surface area contributed by atoms with Gasteiger partial charge in [0.2, 0.25) is 0 Å². The number of carbonyl (C=O) groups excluding carboxylic acids is 1. The average molecular weight is 376 g/mol. The summed E-state index contributed by atoms with van der Waals surface area (Å²) in [5, 5.41) is 21.6. The maximum absolute atomic E-state index is 13.0. The molecule has 0 saturated heterocycles. The molecule has 0 aliphatic heterocycles. The molecule has 0 saturated carbocycles. The summed E-state index contributed by atoms with van der Waals surface area (Å²) >= 11 is 0. The van der Waals surface area contributed by atoms with Gasteiger partial charge in [0.25, 0.3) is 0 Å². The van der Waals surface area contributed by atoms with Gasteiger partial charge < -0.3 is 15.5 Å². The first-order chi connectivity index (χ1) is 13.5. The number of aliphatic carboxylic acids is 1. The Bertz CT molecular complexity index is 888. The van der Waals surface area contributed by atoms with Crippen LogP contribution in [-0.2, 0) is 11.2 Å². The molecule has 0 aliphatic rings. The van der Waals surface area contributed by atoms with E-state index in [1.54, 1.807) is 36.4 Å². The molecule has 0 heterocycles. The topological polar surface area (TPSA) is 89.9 Å². The molecule has 0 unspecified atom stereocenters. The number of nitrogens with zero attached hydrogens (tertiary/aromatic N) is 1. The molecule has 2 amide bonds. The Morgan fingerprint density at radius 3 is 1.79 bits per heavy atom. The molecule has 3 N–H and O–H groups in total. The zero-order valence-electron chi connectivity index (χ0n) is 15.0. The minimum absolute atomic E-state index is 0.0960. The Labute approximate surface area is 162 Å². The Hall–Kier alpha value is -3.80. The highest BCUT2D eigenvalue weighted by molar-refractivity contribution is 6.00. The van der Waals surface area contributed by atoms with Crippen LogP contribution in [0.2, 0.25) is 0 Å². The zero-order chi connectivity index (χ0) is 19.9. The van der Waals surface area contributed by atoms with E-state index < -0.39 is 18.0 Å². The molecular weight excluding hydrogens is 356 g/mol. The maximum atomic E-state index is 13.0. The van der Waals surface area contributed by atoms with E-state index in [9.17, 15) is 19.8 Å². The molecule has 0 bridgehead atoms. The first kappa shape index (κ1) is 19.0. The molecule has 6 heteroatoms. The zero-order valence-corrected chi connectivity index (χ0v) is 15.0. The number of phenols is 1. The predicted octanol–water partition coefficient (Wildman–Crippen LogP) is 3.94. The standard InChI is InChI=1S/C22H20N2O4/c25-19-13-11-16(12-14-19)15-20(21(26)27)23-22(28)24(17-7-3-1-4-8-17)18-9-5-2-6-10-18/h1-14,20,25H,15H2,(H,23,28)(H,26,27)/t20-/m0/s1. The number of amides is 2. The molecule has 0 spiro atoms. The molecule has 0 aromatic heterocycles. The minimum Gasteiger partial charge on any atom is -0.508 e. The van der Waals surface area contributed by atoms with Crippen LogP contribution in [0.4, 0.5) is 16.2 Å². The SMILES string of the molecule is O=C(O)[C@H](Cc1ccc(O)cc1)NC(=O)N(c1ccccc1)c1ccccc1. The van der Waals surface area contributed by atoms with E-state index in [1.165, 1.54) is 17.0 Å². The lowest BCUT2D eigenvalue weighted by atomic mass is 10.1. The Kier molecular flexibility index (Phi) is 5.91. The van der Waals surface area contributed by atoms with Gasteiger partial charge in [0.05, 0.1) is 11.4 Å². The smallest absolute Gasteiger partial charge is 0.327 e. The number of anilines is 2. The number of carbonyl (C=O) groups is 2. The van der Waals surface area contributed by atoms with Gasteiger partial charge in [-0.05, 0) is 42.0 Å². The number of hydrogen-bond acceptors (Lipinski definition) is 3. The van der Waals surface area contributed by atoms with Crippen molar-refractivity contribution >= 4 is 23.4 Å². The normalized spacial score (nSPS) is 11.4. The van der Waals surface area contributed by atoms with Gasteiger partial charge in [0.15, 0.2) is 0 Å². The van der Waals surface area contributed by atoms with Crippen LogP contribution in [0.15, 0.2) is 84.9 Å². The Balaban J connectivity index is 1.85. The number of benzene rings is 3. The van der Waals surface area contributed by atoms with Crippen LogP contribution in [0.5, 0.6) is 5.75 Å². The summed E-state index contributed by atoms with van der Waals surface area (Å²) in [4.78, 5) is 26.2. The predicted molar refractivity (Wildman–Crippen MR) is 107 cm³/mol. The van der Waals surface area contributed by atoms with E-state index in [0.29, 0.717) is 16.9 Å². The van der Waals surface area contributed by atoms with Crippen molar-refractivity contribution in [2.24, 2.45) is 0 Å². The summed E-state index contributed by atoms with van der Waals surface area (Å²) in [7, 11) is 0. The number of aromatic hydroxyl groups is 1. The van der Waals surface area contributed by atoms with E-state index in [0.717, 1.165) is 0 Å². The number of nitrogens with one attached hydrogen (secondary N) is 1. The molecule has 28 heavy (non-hydrogen) atoms. The van der Waals surface area contributed by atoms with Crippen LogP contribution >= 0.6 is 0 Å². The monoisotopic (exact) mass is 376 g/mol. The van der Waals surface area contributed by atoms with Crippen molar-refractivity contribution in [3.63, 3.8) is 0 Å². The molecule has 3 rings (SSSR count). The van der Waals surface area contributed by atoms with Crippen LogP contribution in [0.25, 0.3) is 0 Å². The summed E-state index contributed by atoms with van der Waals surface area (Å²) < 4.78 is 0. The van der Waals surface area contributed by atoms with Gasteiger partial charge in [-0.2, -0.15) is 0 Å². The second-order valence-electron chi connectivity index (χ2n) is 6.22. The highest BCUT2D eigenvalue weighted by Crippen LogP contribution is 2.25. The van der Waals surface area contributed by atoms with Gasteiger partial charge in [0, 0.05) is 6.42 Å². The third-order valence-corrected chi connectivity index (χ3v) is 4.20. The van der Waals surface area contributed by atoms with Crippen molar-refractivity contribution in [2.45, 2.75) is 12.5 Å². The first-order valence-electron chi connectivity index (χ1n) is 8.76. The van der Waals surface area contributed by atoms with Crippen LogP contribution in [0.3, 0.4) is 0 Å². The lowest BCUT2D eigenvalue weighted by molar-refractivity contribution is -0.139. The largest absolute Gasteiger partial charge is 0.508 e. The van der Waals surface area contributed by atoms with Gasteiger partial charge >= 0.3 is 12.0 Å². The Morgan fingerprint density at radius 2 is 1.32 bits per heavy atom. The lowest BCUT2D eigenvalue weighted by Crippen LogP contribution is -2.47. The highest BCUT2D eigenvalue weighted by atomic mass is 16.4. The molecule has 3 aromatic rings. The fourth-order valence-corrected chi connectivity index (χ4v) is 2.82. The summed E-state index contributed by atoms with van der Waals surface area (Å²) in [5.41, 5.74) is 1.94. The number of carboxylic acids is 1. The number of urea groups is 1. The third kappa shape index (κ3) is 4.67. The van der Waals surface area contributed by atoms with Crippen LogP contribution in [-0.4, -0.2) is 28.3 Å². The van der Waals surface area contributed by atoms with E-state index in [4.69, 9.17) is 0 Å². The summed E-state index contributed by atoms with van der Waals surface area (Å²) in [6, 6.07) is 22.6. The number of phenolic OH excluding ortho intramolecular Hbond substituents is 1. The van der Waals surface area contributed by atoms with Gasteiger partial charge in [-0.25, -0.2) is 9.59 Å². The minimum atomic E-state index is -1.14. The summed E-state index contributed by atoms with van der Waals surface area (Å²) in [6.07, 6.45) is 0.0960. The molecule has 142 valence electrons. The molecule has 6 nitrogen and oxygen atoms in total. The van der Waals surface area contributed by atoms with Gasteiger partial charge in [-0.1, -0.05) is 48.5 Å². The highest BCUT2D eigenvalue weighted by Gasteiger charge is 2.25. The van der Waals surface area contributed by atoms with Crippen molar-refractivity contribution in [3.8, 4) is 5.75 Å². The summed E-state index contributed by atoms with van der Waals surface area (Å²) in [6.45, 7) is 0.